The van der Waals surface area contributed by atoms with Crippen LogP contribution in [0.25, 0.3) is 0 Å². The Bertz CT molecular complexity index is 346. The number of thiophene rings is 1. The Morgan fingerprint density at radius 3 is 2.67 bits per heavy atom. The maximum absolute atomic E-state index is 11.1. The molecule has 1 heterocycles. The van der Waals surface area contributed by atoms with Crippen molar-refractivity contribution in [3.05, 3.63) is 21.4 Å². The average molecular weight is 226 g/mol. The van der Waals surface area contributed by atoms with Crippen molar-refractivity contribution in [3.63, 3.8) is 0 Å². The first-order valence-electron chi connectivity index (χ1n) is 5.05. The van der Waals surface area contributed by atoms with Crippen molar-refractivity contribution in [2.45, 2.75) is 26.8 Å². The van der Waals surface area contributed by atoms with Crippen molar-refractivity contribution in [3.8, 4) is 0 Å². The Hall–Kier alpha value is -0.870. The van der Waals surface area contributed by atoms with Gasteiger partial charge in [0.15, 0.2) is 0 Å². The molecule has 0 saturated carbocycles. The van der Waals surface area contributed by atoms with Gasteiger partial charge in [-0.1, -0.05) is 0 Å². The highest BCUT2D eigenvalue weighted by molar-refractivity contribution is 7.12. The highest BCUT2D eigenvalue weighted by Crippen LogP contribution is 2.25. The molecule has 2 N–H and O–H groups in total. The molecular weight excluding hydrogens is 208 g/mol. The molecule has 0 aliphatic rings. The van der Waals surface area contributed by atoms with E-state index in [2.05, 4.69) is 37.5 Å². The van der Waals surface area contributed by atoms with Gasteiger partial charge in [0.1, 0.15) is 0 Å². The second-order valence-corrected chi connectivity index (χ2v) is 5.10. The highest BCUT2D eigenvalue weighted by atomic mass is 32.1. The predicted molar refractivity (Wildman–Crippen MR) is 64.3 cm³/mol. The first kappa shape index (κ1) is 12.2. The van der Waals surface area contributed by atoms with Crippen molar-refractivity contribution in [1.82, 2.24) is 10.6 Å². The standard InChI is InChI=1S/C11H18N2OS/c1-7-5-10(9(3)15-7)8(2)13-6-11(14)12-4/h5,8,13H,6H2,1-4H3,(H,12,14). The van der Waals surface area contributed by atoms with Crippen molar-refractivity contribution in [2.75, 3.05) is 13.6 Å². The smallest absolute Gasteiger partial charge is 0.233 e. The van der Waals surface area contributed by atoms with Gasteiger partial charge in [0.05, 0.1) is 6.54 Å². The van der Waals surface area contributed by atoms with Crippen molar-refractivity contribution >= 4 is 17.2 Å². The van der Waals surface area contributed by atoms with Crippen LogP contribution in [0.15, 0.2) is 6.07 Å². The topological polar surface area (TPSA) is 41.1 Å². The van der Waals surface area contributed by atoms with E-state index < -0.39 is 0 Å². The molecular formula is C11H18N2OS. The molecule has 0 bridgehead atoms. The molecule has 1 rings (SSSR count). The molecule has 0 radical (unpaired) electrons. The molecule has 0 saturated heterocycles. The Morgan fingerprint density at radius 2 is 2.20 bits per heavy atom. The largest absolute Gasteiger partial charge is 0.358 e. The number of carbonyl (C=O) groups is 1. The van der Waals surface area contributed by atoms with Crippen molar-refractivity contribution in [2.24, 2.45) is 0 Å². The lowest BCUT2D eigenvalue weighted by molar-refractivity contribution is -0.119. The van der Waals surface area contributed by atoms with Gasteiger partial charge in [0, 0.05) is 22.8 Å². The first-order valence-corrected chi connectivity index (χ1v) is 5.87. The predicted octanol–water partition coefficient (Wildman–Crippen LogP) is 1.76. The normalized spacial score (nSPS) is 12.5. The minimum atomic E-state index is 0.0199. The van der Waals surface area contributed by atoms with Crippen LogP contribution in [0.2, 0.25) is 0 Å². The molecule has 0 aliphatic carbocycles. The molecule has 0 aromatic carbocycles. The zero-order valence-corrected chi connectivity index (χ0v) is 10.5. The van der Waals surface area contributed by atoms with Crippen LogP contribution in [0.5, 0.6) is 0 Å². The summed E-state index contributed by atoms with van der Waals surface area (Å²) in [6, 6.07) is 2.41. The van der Waals surface area contributed by atoms with Crippen LogP contribution < -0.4 is 10.6 Å². The van der Waals surface area contributed by atoms with Crippen LogP contribution in [0.3, 0.4) is 0 Å². The zero-order valence-electron chi connectivity index (χ0n) is 9.68. The second kappa shape index (κ2) is 5.28. The number of amides is 1. The van der Waals surface area contributed by atoms with Gasteiger partial charge in [-0.05, 0) is 32.4 Å². The molecule has 0 fully saturated rings. The summed E-state index contributed by atoms with van der Waals surface area (Å²) in [4.78, 5) is 13.7. The van der Waals surface area contributed by atoms with E-state index in [9.17, 15) is 4.79 Å². The number of nitrogens with one attached hydrogen (secondary N) is 2. The van der Waals surface area contributed by atoms with Gasteiger partial charge in [-0.15, -0.1) is 11.3 Å². The fourth-order valence-corrected chi connectivity index (χ4v) is 2.55. The summed E-state index contributed by atoms with van der Waals surface area (Å²) in [5, 5.41) is 5.79. The monoisotopic (exact) mass is 226 g/mol. The molecule has 84 valence electrons. The van der Waals surface area contributed by atoms with Crippen LogP contribution in [0, 0.1) is 13.8 Å². The molecule has 3 nitrogen and oxygen atoms in total. The number of hydrogen-bond acceptors (Lipinski definition) is 3. The van der Waals surface area contributed by atoms with Gasteiger partial charge >= 0.3 is 0 Å². The minimum absolute atomic E-state index is 0.0199. The summed E-state index contributed by atoms with van der Waals surface area (Å²) in [6.45, 7) is 6.67. The number of hydrogen-bond donors (Lipinski definition) is 2. The molecule has 1 atom stereocenters. The molecule has 1 aromatic rings. The van der Waals surface area contributed by atoms with E-state index in [1.807, 2.05) is 0 Å². The van der Waals surface area contributed by atoms with Gasteiger partial charge in [-0.3, -0.25) is 4.79 Å². The maximum atomic E-state index is 11.1. The number of rotatable bonds is 4. The van der Waals surface area contributed by atoms with Gasteiger partial charge in [0.2, 0.25) is 5.91 Å². The third-order valence-electron chi connectivity index (χ3n) is 2.39. The molecule has 4 heteroatoms. The Morgan fingerprint density at radius 1 is 1.53 bits per heavy atom. The maximum Gasteiger partial charge on any atom is 0.233 e. The lowest BCUT2D eigenvalue weighted by Gasteiger charge is -2.12. The van der Waals surface area contributed by atoms with Gasteiger partial charge in [-0.2, -0.15) is 0 Å². The second-order valence-electron chi connectivity index (χ2n) is 3.64. The Kier molecular flexibility index (Phi) is 4.29. The Labute approximate surface area is 94.9 Å². The van der Waals surface area contributed by atoms with Crippen LogP contribution >= 0.6 is 11.3 Å². The van der Waals surface area contributed by atoms with E-state index in [1.165, 1.54) is 15.3 Å². The number of likely N-dealkylation sites (N-methyl/N-ethyl adjacent to an activating group) is 1. The van der Waals surface area contributed by atoms with Crippen LogP contribution in [-0.2, 0) is 4.79 Å². The fraction of sp³-hybridized carbons (Fsp3) is 0.545. The summed E-state index contributed by atoms with van der Waals surface area (Å²) < 4.78 is 0. The van der Waals surface area contributed by atoms with Crippen molar-refractivity contribution < 1.29 is 4.79 Å². The van der Waals surface area contributed by atoms with Gasteiger partial charge in [0.25, 0.3) is 0 Å². The van der Waals surface area contributed by atoms with Gasteiger partial charge in [-0.25, -0.2) is 0 Å². The third kappa shape index (κ3) is 3.32. The van der Waals surface area contributed by atoms with Crippen LogP contribution in [0.1, 0.15) is 28.3 Å². The fourth-order valence-electron chi connectivity index (χ4n) is 1.52. The lowest BCUT2D eigenvalue weighted by atomic mass is 10.1. The van der Waals surface area contributed by atoms with E-state index in [1.54, 1.807) is 18.4 Å². The van der Waals surface area contributed by atoms with E-state index in [-0.39, 0.29) is 11.9 Å². The zero-order chi connectivity index (χ0) is 11.4. The SMILES string of the molecule is CNC(=O)CNC(C)c1cc(C)sc1C. The van der Waals surface area contributed by atoms with E-state index in [0.717, 1.165) is 0 Å². The molecule has 0 aliphatic heterocycles. The van der Waals surface area contributed by atoms with E-state index in [4.69, 9.17) is 0 Å². The lowest BCUT2D eigenvalue weighted by Crippen LogP contribution is -2.32. The van der Waals surface area contributed by atoms with Gasteiger partial charge < -0.3 is 10.6 Å². The molecule has 1 amide bonds. The summed E-state index contributed by atoms with van der Waals surface area (Å²) in [7, 11) is 1.65. The summed E-state index contributed by atoms with van der Waals surface area (Å²) in [5.74, 6) is 0.0199. The van der Waals surface area contributed by atoms with E-state index in [0.29, 0.717) is 6.54 Å². The number of aryl methyl sites for hydroxylation is 2. The summed E-state index contributed by atoms with van der Waals surface area (Å²) in [5.41, 5.74) is 1.29. The number of carbonyl (C=O) groups excluding carboxylic acids is 1. The molecule has 1 aromatic heterocycles. The van der Waals surface area contributed by atoms with E-state index >= 15 is 0 Å². The first-order chi connectivity index (χ1) is 7.04. The average Bonchev–Trinajstić information content (AvgIpc) is 2.53. The summed E-state index contributed by atoms with van der Waals surface area (Å²) >= 11 is 1.80. The summed E-state index contributed by atoms with van der Waals surface area (Å²) in [6.07, 6.45) is 0. The quantitative estimate of drug-likeness (QED) is 0.821. The third-order valence-corrected chi connectivity index (χ3v) is 3.38. The highest BCUT2D eigenvalue weighted by Gasteiger charge is 2.11. The molecule has 0 spiro atoms. The van der Waals surface area contributed by atoms with Crippen LogP contribution in [0.4, 0.5) is 0 Å². The molecule has 15 heavy (non-hydrogen) atoms. The Balaban J connectivity index is 2.57. The minimum Gasteiger partial charge on any atom is -0.358 e. The molecule has 1 unspecified atom stereocenters. The van der Waals surface area contributed by atoms with Crippen LogP contribution in [-0.4, -0.2) is 19.5 Å². The van der Waals surface area contributed by atoms with Crippen molar-refractivity contribution in [1.29, 1.82) is 0 Å².